The van der Waals surface area contributed by atoms with E-state index < -0.39 is 0 Å². The number of hydrogen-bond donors (Lipinski definition) is 0. The summed E-state index contributed by atoms with van der Waals surface area (Å²) in [5.41, 5.74) is 8.40. The molecule has 0 saturated carbocycles. The maximum Gasteiger partial charge on any atom is 0.0358 e. The van der Waals surface area contributed by atoms with E-state index in [1.54, 1.807) is 0 Å². The van der Waals surface area contributed by atoms with Crippen LogP contribution in [0, 0.1) is 13.0 Å². The SMILES string of the molecule is CC1=[C]c2cc3sc(C)cc3c(-c3ccc(C(C)(C)C)cc3)c2C1. The van der Waals surface area contributed by atoms with Gasteiger partial charge in [-0.1, -0.05) is 50.6 Å². The molecule has 0 bridgehead atoms. The molecule has 0 unspecified atom stereocenters. The van der Waals surface area contributed by atoms with Crippen LogP contribution in [-0.2, 0) is 11.8 Å². The predicted octanol–water partition coefficient (Wildman–Crippen LogP) is 6.83. The molecule has 0 saturated heterocycles. The smallest absolute Gasteiger partial charge is 0.0358 e. The van der Waals surface area contributed by atoms with Gasteiger partial charge in [-0.2, -0.15) is 0 Å². The van der Waals surface area contributed by atoms with Crippen molar-refractivity contribution in [2.24, 2.45) is 0 Å². The van der Waals surface area contributed by atoms with E-state index in [2.05, 4.69) is 77.1 Å². The number of rotatable bonds is 1. The molecule has 1 heterocycles. The second-order valence-electron chi connectivity index (χ2n) is 7.96. The van der Waals surface area contributed by atoms with Crippen LogP contribution in [0.3, 0.4) is 0 Å². The summed E-state index contributed by atoms with van der Waals surface area (Å²) in [5.74, 6) is 0. The highest BCUT2D eigenvalue weighted by atomic mass is 32.1. The third-order valence-corrected chi connectivity index (χ3v) is 5.88. The summed E-state index contributed by atoms with van der Waals surface area (Å²) in [6.45, 7) is 11.2. The van der Waals surface area contributed by atoms with Gasteiger partial charge in [0.05, 0.1) is 0 Å². The van der Waals surface area contributed by atoms with E-state index in [-0.39, 0.29) is 5.41 Å². The van der Waals surface area contributed by atoms with Gasteiger partial charge in [0.2, 0.25) is 0 Å². The maximum atomic E-state index is 3.57. The lowest BCUT2D eigenvalue weighted by Crippen LogP contribution is -2.10. The first-order valence-corrected chi connectivity index (χ1v) is 9.41. The number of allylic oxidation sites excluding steroid dienone is 1. The van der Waals surface area contributed by atoms with Crippen LogP contribution in [0.15, 0.2) is 42.0 Å². The van der Waals surface area contributed by atoms with Crippen molar-refractivity contribution in [3.05, 3.63) is 69.6 Å². The van der Waals surface area contributed by atoms with Crippen molar-refractivity contribution in [1.29, 1.82) is 0 Å². The molecule has 24 heavy (non-hydrogen) atoms. The van der Waals surface area contributed by atoms with Gasteiger partial charge in [-0.05, 0) is 71.7 Å². The summed E-state index contributed by atoms with van der Waals surface area (Å²) in [7, 11) is 0. The molecule has 1 heteroatoms. The van der Waals surface area contributed by atoms with E-state index in [1.165, 1.54) is 48.4 Å². The van der Waals surface area contributed by atoms with Crippen molar-refractivity contribution in [2.75, 3.05) is 0 Å². The number of fused-ring (bicyclic) bond motifs is 2. The lowest BCUT2D eigenvalue weighted by Gasteiger charge is -2.20. The van der Waals surface area contributed by atoms with Crippen LogP contribution in [0.4, 0.5) is 0 Å². The van der Waals surface area contributed by atoms with Gasteiger partial charge in [-0.3, -0.25) is 0 Å². The topological polar surface area (TPSA) is 0 Å². The van der Waals surface area contributed by atoms with E-state index in [9.17, 15) is 0 Å². The highest BCUT2D eigenvalue weighted by Crippen LogP contribution is 2.42. The Bertz CT molecular complexity index is 960. The Morgan fingerprint density at radius 1 is 1.00 bits per heavy atom. The van der Waals surface area contributed by atoms with Crippen LogP contribution in [0.5, 0.6) is 0 Å². The maximum absolute atomic E-state index is 3.57. The summed E-state index contributed by atoms with van der Waals surface area (Å²) >= 11 is 1.89. The van der Waals surface area contributed by atoms with Gasteiger partial charge >= 0.3 is 0 Å². The fraction of sp³-hybridized carbons (Fsp3) is 0.304. The zero-order valence-corrected chi connectivity index (χ0v) is 15.9. The summed E-state index contributed by atoms with van der Waals surface area (Å²) in [6.07, 6.45) is 4.59. The highest BCUT2D eigenvalue weighted by molar-refractivity contribution is 7.19. The summed E-state index contributed by atoms with van der Waals surface area (Å²) in [4.78, 5) is 1.38. The normalized spacial score (nSPS) is 14.1. The van der Waals surface area contributed by atoms with Crippen molar-refractivity contribution in [1.82, 2.24) is 0 Å². The van der Waals surface area contributed by atoms with Crippen LogP contribution >= 0.6 is 11.3 Å². The van der Waals surface area contributed by atoms with Crippen LogP contribution < -0.4 is 0 Å². The average Bonchev–Trinajstić information content (AvgIpc) is 3.04. The molecule has 2 aromatic carbocycles. The predicted molar refractivity (Wildman–Crippen MR) is 106 cm³/mol. The van der Waals surface area contributed by atoms with E-state index in [4.69, 9.17) is 0 Å². The molecule has 0 amide bonds. The number of benzene rings is 2. The van der Waals surface area contributed by atoms with Crippen LogP contribution in [0.1, 0.15) is 49.3 Å². The number of thiophene rings is 1. The van der Waals surface area contributed by atoms with Crippen molar-refractivity contribution in [2.45, 2.75) is 46.5 Å². The zero-order valence-electron chi connectivity index (χ0n) is 15.1. The van der Waals surface area contributed by atoms with E-state index >= 15 is 0 Å². The minimum absolute atomic E-state index is 0.192. The summed E-state index contributed by atoms with van der Waals surface area (Å²) in [6, 6.07) is 13.9. The molecule has 0 N–H and O–H groups in total. The molecule has 121 valence electrons. The largest absolute Gasteiger partial charge is 0.141 e. The third-order valence-electron chi connectivity index (χ3n) is 4.89. The molecule has 1 aliphatic carbocycles. The Morgan fingerprint density at radius 2 is 1.71 bits per heavy atom. The number of aryl methyl sites for hydroxylation is 1. The first-order chi connectivity index (χ1) is 11.3. The molecule has 0 aliphatic heterocycles. The zero-order chi connectivity index (χ0) is 17.1. The van der Waals surface area contributed by atoms with Crippen molar-refractivity contribution < 1.29 is 0 Å². The van der Waals surface area contributed by atoms with Crippen LogP contribution in [-0.4, -0.2) is 0 Å². The molecule has 1 aliphatic rings. The quantitative estimate of drug-likeness (QED) is 0.458. The fourth-order valence-corrected chi connectivity index (χ4v) is 4.62. The molecule has 0 atom stereocenters. The van der Waals surface area contributed by atoms with E-state index in [0.29, 0.717) is 0 Å². The molecular formula is C23H23S. The Labute approximate surface area is 148 Å². The molecule has 4 rings (SSSR count). The summed E-state index contributed by atoms with van der Waals surface area (Å²) in [5, 5.41) is 1.40. The summed E-state index contributed by atoms with van der Waals surface area (Å²) < 4.78 is 1.38. The first-order valence-electron chi connectivity index (χ1n) is 8.59. The Kier molecular flexibility index (Phi) is 3.47. The highest BCUT2D eigenvalue weighted by Gasteiger charge is 2.21. The second kappa shape index (κ2) is 5.32. The lowest BCUT2D eigenvalue weighted by molar-refractivity contribution is 0.590. The minimum Gasteiger partial charge on any atom is -0.141 e. The average molecular weight is 332 g/mol. The third kappa shape index (κ3) is 2.52. The monoisotopic (exact) mass is 331 g/mol. The van der Waals surface area contributed by atoms with Gasteiger partial charge in [0, 0.05) is 15.0 Å². The molecular weight excluding hydrogens is 308 g/mol. The van der Waals surface area contributed by atoms with E-state index in [0.717, 1.165) is 6.42 Å². The molecule has 0 spiro atoms. The fourth-order valence-electron chi connectivity index (χ4n) is 3.65. The molecule has 1 radical (unpaired) electrons. The number of hydrogen-bond acceptors (Lipinski definition) is 1. The van der Waals surface area contributed by atoms with E-state index in [1.807, 2.05) is 11.3 Å². The molecule has 0 nitrogen and oxygen atoms in total. The van der Waals surface area contributed by atoms with Crippen molar-refractivity contribution in [3.8, 4) is 11.1 Å². The molecule has 3 aromatic rings. The van der Waals surface area contributed by atoms with Gasteiger partial charge in [0.25, 0.3) is 0 Å². The van der Waals surface area contributed by atoms with Gasteiger partial charge in [-0.25, -0.2) is 0 Å². The van der Waals surface area contributed by atoms with Gasteiger partial charge < -0.3 is 0 Å². The van der Waals surface area contributed by atoms with Crippen LogP contribution in [0.2, 0.25) is 0 Å². The standard InChI is InChI=1S/C23H23S/c1-14-10-17-13-21-20(12-15(2)24-21)22(19(17)11-14)16-6-8-18(9-7-16)23(3,4)5/h6-9,12-13H,11H2,1-5H3. The van der Waals surface area contributed by atoms with Crippen molar-refractivity contribution >= 4 is 21.4 Å². The Balaban J connectivity index is 1.95. The molecule has 0 fully saturated rings. The Morgan fingerprint density at radius 3 is 2.38 bits per heavy atom. The van der Waals surface area contributed by atoms with Crippen LogP contribution in [0.25, 0.3) is 21.2 Å². The lowest BCUT2D eigenvalue weighted by atomic mass is 9.85. The minimum atomic E-state index is 0.192. The van der Waals surface area contributed by atoms with Gasteiger partial charge in [0.1, 0.15) is 0 Å². The second-order valence-corrected chi connectivity index (χ2v) is 9.24. The molecule has 1 aromatic heterocycles. The van der Waals surface area contributed by atoms with Gasteiger partial charge in [-0.15, -0.1) is 11.3 Å². The van der Waals surface area contributed by atoms with Gasteiger partial charge in [0.15, 0.2) is 0 Å². The first kappa shape index (κ1) is 15.7. The van der Waals surface area contributed by atoms with Crippen molar-refractivity contribution in [3.63, 3.8) is 0 Å². The Hall–Kier alpha value is -1.86.